The van der Waals surface area contributed by atoms with Crippen LogP contribution in [0.3, 0.4) is 0 Å². The van der Waals surface area contributed by atoms with E-state index in [1.54, 1.807) is 7.11 Å². The van der Waals surface area contributed by atoms with Crippen molar-refractivity contribution in [2.24, 2.45) is 17.6 Å². The number of ether oxygens (including phenoxy) is 1. The van der Waals surface area contributed by atoms with Gasteiger partial charge in [-0.05, 0) is 62.1 Å². The third-order valence-electron chi connectivity index (χ3n) is 5.67. The summed E-state index contributed by atoms with van der Waals surface area (Å²) in [6, 6.07) is 8.58. The van der Waals surface area contributed by atoms with Crippen molar-refractivity contribution in [3.8, 4) is 5.75 Å². The van der Waals surface area contributed by atoms with Crippen LogP contribution in [-0.4, -0.2) is 37.0 Å². The Kier molecular flexibility index (Phi) is 5.77. The zero-order valence-corrected chi connectivity index (χ0v) is 14.7. The topological polar surface area (TPSA) is 55.6 Å². The van der Waals surface area contributed by atoms with E-state index in [2.05, 4.69) is 17.0 Å². The maximum absolute atomic E-state index is 12.7. The van der Waals surface area contributed by atoms with E-state index in [0.29, 0.717) is 11.8 Å². The predicted octanol–water partition coefficient (Wildman–Crippen LogP) is 2.99. The number of nitrogens with two attached hydrogens (primary N) is 1. The van der Waals surface area contributed by atoms with Gasteiger partial charge < -0.3 is 15.4 Å². The first-order chi connectivity index (χ1) is 11.7. The predicted molar refractivity (Wildman–Crippen MR) is 95.9 cm³/mol. The first kappa shape index (κ1) is 17.3. The van der Waals surface area contributed by atoms with Gasteiger partial charge in [-0.3, -0.25) is 4.79 Å². The minimum Gasteiger partial charge on any atom is -0.497 e. The molecule has 1 amide bonds. The van der Waals surface area contributed by atoms with Crippen LogP contribution in [0.25, 0.3) is 0 Å². The SMILES string of the molecule is COc1ccc(CC2CCN(C(=O)C3CCCC(N)C3)CC2)cc1. The second kappa shape index (κ2) is 8.02. The third-order valence-corrected chi connectivity index (χ3v) is 5.67. The van der Waals surface area contributed by atoms with Crippen molar-refractivity contribution in [3.63, 3.8) is 0 Å². The van der Waals surface area contributed by atoms with Gasteiger partial charge in [0.2, 0.25) is 5.91 Å². The Morgan fingerprint density at radius 1 is 1.17 bits per heavy atom. The second-order valence-corrected chi connectivity index (χ2v) is 7.44. The second-order valence-electron chi connectivity index (χ2n) is 7.44. The van der Waals surface area contributed by atoms with Gasteiger partial charge in [0, 0.05) is 25.0 Å². The summed E-state index contributed by atoms with van der Waals surface area (Å²) in [4.78, 5) is 14.8. The van der Waals surface area contributed by atoms with Crippen molar-refractivity contribution in [1.29, 1.82) is 0 Å². The monoisotopic (exact) mass is 330 g/mol. The van der Waals surface area contributed by atoms with E-state index in [1.807, 2.05) is 12.1 Å². The Morgan fingerprint density at radius 2 is 1.88 bits per heavy atom. The van der Waals surface area contributed by atoms with Crippen LogP contribution in [0.2, 0.25) is 0 Å². The number of carbonyl (C=O) groups excluding carboxylic acids is 1. The summed E-state index contributed by atoms with van der Waals surface area (Å²) in [5.41, 5.74) is 7.40. The van der Waals surface area contributed by atoms with E-state index < -0.39 is 0 Å². The van der Waals surface area contributed by atoms with Crippen LogP contribution >= 0.6 is 0 Å². The zero-order chi connectivity index (χ0) is 16.9. The van der Waals surface area contributed by atoms with Gasteiger partial charge in [0.25, 0.3) is 0 Å². The molecule has 1 aromatic rings. The highest BCUT2D eigenvalue weighted by atomic mass is 16.5. The molecule has 1 aliphatic heterocycles. The van der Waals surface area contributed by atoms with Gasteiger partial charge >= 0.3 is 0 Å². The zero-order valence-electron chi connectivity index (χ0n) is 14.7. The van der Waals surface area contributed by atoms with Crippen molar-refractivity contribution in [3.05, 3.63) is 29.8 Å². The molecule has 2 N–H and O–H groups in total. The molecule has 3 rings (SSSR count). The van der Waals surface area contributed by atoms with Crippen LogP contribution in [0.5, 0.6) is 5.75 Å². The molecular formula is C20H30N2O2. The average molecular weight is 330 g/mol. The van der Waals surface area contributed by atoms with Gasteiger partial charge in [0.1, 0.15) is 5.75 Å². The smallest absolute Gasteiger partial charge is 0.225 e. The van der Waals surface area contributed by atoms with Crippen LogP contribution in [-0.2, 0) is 11.2 Å². The van der Waals surface area contributed by atoms with E-state index in [1.165, 1.54) is 5.56 Å². The quantitative estimate of drug-likeness (QED) is 0.923. The summed E-state index contributed by atoms with van der Waals surface area (Å²) in [5, 5.41) is 0. The fourth-order valence-corrected chi connectivity index (χ4v) is 4.16. The molecule has 4 nitrogen and oxygen atoms in total. The van der Waals surface area contributed by atoms with Crippen LogP contribution in [0, 0.1) is 11.8 Å². The molecule has 132 valence electrons. The number of benzene rings is 1. The lowest BCUT2D eigenvalue weighted by Gasteiger charge is -2.36. The van der Waals surface area contributed by atoms with Gasteiger partial charge in [-0.1, -0.05) is 18.6 Å². The molecule has 1 aliphatic carbocycles. The van der Waals surface area contributed by atoms with Crippen molar-refractivity contribution in [1.82, 2.24) is 4.90 Å². The van der Waals surface area contributed by atoms with Gasteiger partial charge in [-0.25, -0.2) is 0 Å². The molecule has 0 bridgehead atoms. The molecule has 1 saturated heterocycles. The van der Waals surface area contributed by atoms with Crippen molar-refractivity contribution in [2.45, 2.75) is 51.0 Å². The number of amides is 1. The van der Waals surface area contributed by atoms with Crippen LogP contribution in [0.15, 0.2) is 24.3 Å². The van der Waals surface area contributed by atoms with Crippen molar-refractivity contribution >= 4 is 5.91 Å². The number of nitrogens with zero attached hydrogens (tertiary/aromatic N) is 1. The third kappa shape index (κ3) is 4.29. The molecule has 4 heteroatoms. The molecular weight excluding hydrogens is 300 g/mol. The first-order valence-electron chi connectivity index (χ1n) is 9.33. The van der Waals surface area contributed by atoms with Crippen LogP contribution < -0.4 is 10.5 Å². The Labute approximate surface area is 145 Å². The van der Waals surface area contributed by atoms with Crippen molar-refractivity contribution < 1.29 is 9.53 Å². The van der Waals surface area contributed by atoms with Crippen LogP contribution in [0.1, 0.15) is 44.1 Å². The molecule has 0 spiro atoms. The van der Waals surface area contributed by atoms with Gasteiger partial charge in [-0.15, -0.1) is 0 Å². The summed E-state index contributed by atoms with van der Waals surface area (Å²) >= 11 is 0. The molecule has 1 saturated carbocycles. The molecule has 24 heavy (non-hydrogen) atoms. The fourth-order valence-electron chi connectivity index (χ4n) is 4.16. The first-order valence-corrected chi connectivity index (χ1v) is 9.33. The van der Waals surface area contributed by atoms with E-state index in [0.717, 1.165) is 63.8 Å². The number of rotatable bonds is 4. The minimum atomic E-state index is 0.173. The number of methoxy groups -OCH3 is 1. The standard InChI is InChI=1S/C20H30N2O2/c1-24-19-7-5-15(6-8-19)13-16-9-11-22(12-10-16)20(23)17-3-2-4-18(21)14-17/h5-8,16-18H,2-4,9-14,21H2,1H3. The number of hydrogen-bond acceptors (Lipinski definition) is 3. The summed E-state index contributed by atoms with van der Waals surface area (Å²) in [7, 11) is 1.70. The fraction of sp³-hybridized carbons (Fsp3) is 0.650. The highest BCUT2D eigenvalue weighted by Crippen LogP contribution is 2.28. The number of hydrogen-bond donors (Lipinski definition) is 1. The molecule has 0 aromatic heterocycles. The molecule has 2 unspecified atom stereocenters. The summed E-state index contributed by atoms with van der Waals surface area (Å²) in [5.74, 6) is 2.11. The highest BCUT2D eigenvalue weighted by Gasteiger charge is 2.31. The molecule has 1 heterocycles. The largest absolute Gasteiger partial charge is 0.497 e. The van der Waals surface area contributed by atoms with Crippen LogP contribution in [0.4, 0.5) is 0 Å². The lowest BCUT2D eigenvalue weighted by Crippen LogP contribution is -2.44. The lowest BCUT2D eigenvalue weighted by atomic mass is 9.84. The molecule has 0 radical (unpaired) electrons. The maximum atomic E-state index is 12.7. The molecule has 2 fully saturated rings. The normalized spacial score (nSPS) is 25.5. The lowest BCUT2D eigenvalue weighted by molar-refractivity contribution is -0.138. The average Bonchev–Trinajstić information content (AvgIpc) is 2.62. The minimum absolute atomic E-state index is 0.173. The van der Waals surface area contributed by atoms with Gasteiger partial charge in [-0.2, -0.15) is 0 Å². The van der Waals surface area contributed by atoms with E-state index in [4.69, 9.17) is 10.5 Å². The molecule has 1 aromatic carbocycles. The Morgan fingerprint density at radius 3 is 2.50 bits per heavy atom. The molecule has 2 atom stereocenters. The van der Waals surface area contributed by atoms with Crippen molar-refractivity contribution in [2.75, 3.05) is 20.2 Å². The molecule has 2 aliphatic rings. The summed E-state index contributed by atoms with van der Waals surface area (Å²) in [6.07, 6.45) is 7.40. The van der Waals surface area contributed by atoms with Gasteiger partial charge in [0.15, 0.2) is 0 Å². The summed E-state index contributed by atoms with van der Waals surface area (Å²) in [6.45, 7) is 1.82. The Bertz CT molecular complexity index is 535. The number of piperidine rings is 1. The van der Waals surface area contributed by atoms with E-state index in [9.17, 15) is 4.79 Å². The maximum Gasteiger partial charge on any atom is 0.225 e. The highest BCUT2D eigenvalue weighted by molar-refractivity contribution is 5.79. The number of likely N-dealkylation sites (tertiary alicyclic amines) is 1. The van der Waals surface area contributed by atoms with E-state index in [-0.39, 0.29) is 12.0 Å². The summed E-state index contributed by atoms with van der Waals surface area (Å²) < 4.78 is 5.21. The Hall–Kier alpha value is -1.55. The van der Waals surface area contributed by atoms with Gasteiger partial charge in [0.05, 0.1) is 7.11 Å². The Balaban J connectivity index is 1.47. The number of carbonyl (C=O) groups is 1. The van der Waals surface area contributed by atoms with E-state index >= 15 is 0 Å².